The minimum absolute atomic E-state index is 0.597. The summed E-state index contributed by atoms with van der Waals surface area (Å²) in [5.74, 6) is -7.02. The standard InChI is InChI=1S/C26H43N3O11/c1-14(30)27-15(11-18(31)38-24(2,3)4)21(34)28-16(12-19(32)39-25(5,6)7)22(35)29-17(23(36)37)13-20(33)40-26(8,9)10/h15-17H,11-13H2,1-10H3,(H,27,30)(H,28,34)(H,29,35)(H,36,37). The van der Waals surface area contributed by atoms with E-state index in [1.807, 2.05) is 0 Å². The predicted molar refractivity (Wildman–Crippen MR) is 140 cm³/mol. The predicted octanol–water partition coefficient (Wildman–Crippen LogP) is 0.741. The Morgan fingerprint density at radius 1 is 0.550 bits per heavy atom. The van der Waals surface area contributed by atoms with Crippen molar-refractivity contribution in [1.29, 1.82) is 0 Å². The minimum atomic E-state index is -1.76. The first kappa shape index (κ1) is 36.3. The van der Waals surface area contributed by atoms with E-state index in [0.29, 0.717) is 0 Å². The zero-order valence-corrected chi connectivity index (χ0v) is 24.9. The maximum atomic E-state index is 13.1. The van der Waals surface area contributed by atoms with E-state index in [1.165, 1.54) is 0 Å². The number of carboxylic acid groups (broad SMARTS) is 1. The fourth-order valence-electron chi connectivity index (χ4n) is 3.06. The number of aliphatic carboxylic acids is 1. The number of ether oxygens (including phenoxy) is 3. The first-order valence-corrected chi connectivity index (χ1v) is 12.6. The van der Waals surface area contributed by atoms with Crippen molar-refractivity contribution in [1.82, 2.24) is 16.0 Å². The van der Waals surface area contributed by atoms with Crippen molar-refractivity contribution in [3.05, 3.63) is 0 Å². The molecule has 0 heterocycles. The van der Waals surface area contributed by atoms with Crippen LogP contribution in [0.5, 0.6) is 0 Å². The van der Waals surface area contributed by atoms with E-state index in [0.717, 1.165) is 6.92 Å². The minimum Gasteiger partial charge on any atom is -0.480 e. The number of hydrogen-bond acceptors (Lipinski definition) is 10. The molecule has 0 aromatic carbocycles. The molecule has 0 aromatic rings. The van der Waals surface area contributed by atoms with Gasteiger partial charge in [0.25, 0.3) is 0 Å². The number of amides is 3. The maximum absolute atomic E-state index is 13.1. The molecule has 0 aliphatic heterocycles. The van der Waals surface area contributed by atoms with Crippen LogP contribution in [0.1, 0.15) is 88.5 Å². The van der Waals surface area contributed by atoms with Gasteiger partial charge in [-0.25, -0.2) is 4.79 Å². The molecule has 3 atom stereocenters. The number of hydrogen-bond donors (Lipinski definition) is 4. The molecule has 0 fully saturated rings. The van der Waals surface area contributed by atoms with Crippen molar-refractivity contribution in [2.24, 2.45) is 0 Å². The largest absolute Gasteiger partial charge is 0.480 e. The quantitative estimate of drug-likeness (QED) is 0.189. The molecule has 3 unspecified atom stereocenters. The zero-order chi connectivity index (χ0) is 31.6. The molecule has 0 bridgehead atoms. The second kappa shape index (κ2) is 14.6. The van der Waals surface area contributed by atoms with E-state index in [9.17, 15) is 38.7 Å². The molecule has 0 aromatic heterocycles. The van der Waals surface area contributed by atoms with Crippen LogP contribution in [0.3, 0.4) is 0 Å². The number of nitrogens with one attached hydrogen (secondary N) is 3. The van der Waals surface area contributed by atoms with Crippen LogP contribution in [0.2, 0.25) is 0 Å². The molecular weight excluding hydrogens is 530 g/mol. The number of esters is 3. The molecular formula is C26H43N3O11. The van der Waals surface area contributed by atoms with Gasteiger partial charge in [-0.15, -0.1) is 0 Å². The Kier molecular flexibility index (Phi) is 13.3. The Labute approximate surface area is 234 Å². The van der Waals surface area contributed by atoms with E-state index in [4.69, 9.17) is 14.2 Å². The molecule has 3 amide bonds. The summed E-state index contributed by atoms with van der Waals surface area (Å²) in [5, 5.41) is 16.2. The van der Waals surface area contributed by atoms with Gasteiger partial charge in [-0.1, -0.05) is 0 Å². The number of carbonyl (C=O) groups is 7. The molecule has 4 N–H and O–H groups in total. The first-order valence-electron chi connectivity index (χ1n) is 12.6. The summed E-state index contributed by atoms with van der Waals surface area (Å²) >= 11 is 0. The third kappa shape index (κ3) is 17.0. The summed E-state index contributed by atoms with van der Waals surface area (Å²) in [4.78, 5) is 86.6. The lowest BCUT2D eigenvalue weighted by Gasteiger charge is -2.26. The van der Waals surface area contributed by atoms with Crippen LogP contribution in [0, 0.1) is 0 Å². The van der Waals surface area contributed by atoms with Crippen molar-refractivity contribution in [3.63, 3.8) is 0 Å². The summed E-state index contributed by atoms with van der Waals surface area (Å²) in [6.45, 7) is 15.4. The lowest BCUT2D eigenvalue weighted by Crippen LogP contribution is -2.57. The fourth-order valence-corrected chi connectivity index (χ4v) is 3.06. The van der Waals surface area contributed by atoms with Crippen molar-refractivity contribution in [3.8, 4) is 0 Å². The summed E-state index contributed by atoms with van der Waals surface area (Å²) in [7, 11) is 0. The van der Waals surface area contributed by atoms with Gasteiger partial charge in [0.05, 0.1) is 19.3 Å². The van der Waals surface area contributed by atoms with Crippen LogP contribution in [-0.4, -0.2) is 81.6 Å². The second-order valence-corrected chi connectivity index (χ2v) is 12.1. The molecule has 14 nitrogen and oxygen atoms in total. The normalized spacial score (nSPS) is 14.1. The SMILES string of the molecule is CC(=O)NC(CC(=O)OC(C)(C)C)C(=O)NC(CC(=O)OC(C)(C)C)C(=O)NC(CC(=O)OC(C)(C)C)C(=O)O. The highest BCUT2D eigenvalue weighted by Crippen LogP contribution is 2.13. The molecule has 0 spiro atoms. The molecule has 40 heavy (non-hydrogen) atoms. The van der Waals surface area contributed by atoms with Crippen LogP contribution >= 0.6 is 0 Å². The van der Waals surface area contributed by atoms with Crippen LogP contribution in [0.4, 0.5) is 0 Å². The number of rotatable bonds is 12. The van der Waals surface area contributed by atoms with Gasteiger partial charge in [-0.3, -0.25) is 28.8 Å². The average Bonchev–Trinajstić information content (AvgIpc) is 2.67. The number of carbonyl (C=O) groups excluding carboxylic acids is 6. The van der Waals surface area contributed by atoms with Crippen LogP contribution in [-0.2, 0) is 47.8 Å². The molecule has 0 aliphatic carbocycles. The summed E-state index contributed by atoms with van der Waals surface area (Å²) in [5.41, 5.74) is -2.74. The molecule has 14 heteroatoms. The van der Waals surface area contributed by atoms with Gasteiger partial charge >= 0.3 is 23.9 Å². The van der Waals surface area contributed by atoms with Crippen LogP contribution < -0.4 is 16.0 Å². The fraction of sp³-hybridized carbons (Fsp3) is 0.731. The Morgan fingerprint density at radius 2 is 0.825 bits per heavy atom. The maximum Gasteiger partial charge on any atom is 0.326 e. The van der Waals surface area contributed by atoms with Crippen LogP contribution in [0.15, 0.2) is 0 Å². The third-order valence-corrected chi connectivity index (χ3v) is 4.31. The molecule has 0 radical (unpaired) electrons. The van der Waals surface area contributed by atoms with Crippen molar-refractivity contribution < 1.29 is 52.9 Å². The van der Waals surface area contributed by atoms with Gasteiger partial charge in [-0.05, 0) is 62.3 Å². The zero-order valence-electron chi connectivity index (χ0n) is 24.9. The second-order valence-electron chi connectivity index (χ2n) is 12.1. The van der Waals surface area contributed by atoms with Gasteiger partial charge in [0.2, 0.25) is 17.7 Å². The summed E-state index contributed by atoms with van der Waals surface area (Å²) in [6, 6.07) is -4.94. The van der Waals surface area contributed by atoms with E-state index >= 15 is 0 Å². The highest BCUT2D eigenvalue weighted by Gasteiger charge is 2.34. The van der Waals surface area contributed by atoms with E-state index < -0.39 is 95.8 Å². The molecule has 0 aliphatic rings. The lowest BCUT2D eigenvalue weighted by molar-refractivity contribution is -0.160. The average molecular weight is 574 g/mol. The van der Waals surface area contributed by atoms with Crippen molar-refractivity contribution in [2.45, 2.75) is 123 Å². The topological polar surface area (TPSA) is 203 Å². The monoisotopic (exact) mass is 573 g/mol. The van der Waals surface area contributed by atoms with Gasteiger partial charge in [0.1, 0.15) is 34.9 Å². The lowest BCUT2D eigenvalue weighted by atomic mass is 10.1. The molecule has 0 rings (SSSR count). The first-order chi connectivity index (χ1) is 17.9. The number of carboxylic acids is 1. The Balaban J connectivity index is 5.98. The molecule has 228 valence electrons. The highest BCUT2D eigenvalue weighted by atomic mass is 16.6. The van der Waals surface area contributed by atoms with E-state index in [2.05, 4.69) is 16.0 Å². The van der Waals surface area contributed by atoms with Crippen molar-refractivity contribution >= 4 is 41.6 Å². The third-order valence-electron chi connectivity index (χ3n) is 4.31. The van der Waals surface area contributed by atoms with E-state index in [1.54, 1.807) is 62.3 Å². The molecule has 0 saturated carbocycles. The summed E-state index contributed by atoms with van der Waals surface area (Å²) in [6.07, 6.45) is -2.06. The van der Waals surface area contributed by atoms with Crippen LogP contribution in [0.25, 0.3) is 0 Å². The van der Waals surface area contributed by atoms with Gasteiger partial charge in [0, 0.05) is 6.92 Å². The van der Waals surface area contributed by atoms with E-state index in [-0.39, 0.29) is 0 Å². The van der Waals surface area contributed by atoms with Gasteiger partial charge in [-0.2, -0.15) is 0 Å². The molecule has 0 saturated heterocycles. The summed E-state index contributed by atoms with van der Waals surface area (Å²) < 4.78 is 15.5. The Hall–Kier alpha value is -3.71. The van der Waals surface area contributed by atoms with Crippen molar-refractivity contribution in [2.75, 3.05) is 0 Å². The smallest absolute Gasteiger partial charge is 0.326 e. The van der Waals surface area contributed by atoms with Gasteiger partial charge in [0.15, 0.2) is 0 Å². The highest BCUT2D eigenvalue weighted by molar-refractivity contribution is 5.97. The van der Waals surface area contributed by atoms with Gasteiger partial charge < -0.3 is 35.3 Å². The Bertz CT molecular complexity index is 972. The Morgan fingerprint density at radius 3 is 1.10 bits per heavy atom.